The highest BCUT2D eigenvalue weighted by Crippen LogP contribution is 2.36. The van der Waals surface area contributed by atoms with E-state index in [1.807, 2.05) is 30.3 Å². The first-order chi connectivity index (χ1) is 18.0. The molecule has 1 amide bonds. The van der Waals surface area contributed by atoms with Crippen LogP contribution in [0, 0.1) is 5.82 Å². The first-order valence-corrected chi connectivity index (χ1v) is 12.0. The summed E-state index contributed by atoms with van der Waals surface area (Å²) in [4.78, 5) is 30.8. The van der Waals surface area contributed by atoms with Crippen molar-refractivity contribution in [2.24, 2.45) is 0 Å². The molecule has 0 aliphatic heterocycles. The van der Waals surface area contributed by atoms with Gasteiger partial charge in [0, 0.05) is 5.39 Å². The number of methoxy groups -OCH3 is 1. The predicted molar refractivity (Wildman–Crippen MR) is 141 cm³/mol. The highest BCUT2D eigenvalue weighted by atomic mass is 19.1. The summed E-state index contributed by atoms with van der Waals surface area (Å²) in [7, 11) is 1.52. The van der Waals surface area contributed by atoms with Gasteiger partial charge in [0.15, 0.2) is 6.61 Å². The van der Waals surface area contributed by atoms with E-state index in [0.29, 0.717) is 34.3 Å². The molecule has 1 aliphatic carbocycles. The summed E-state index contributed by atoms with van der Waals surface area (Å²) in [5, 5.41) is 3.40. The number of ether oxygens (including phenoxy) is 2. The summed E-state index contributed by atoms with van der Waals surface area (Å²) in [6, 6.07) is 20.7. The van der Waals surface area contributed by atoms with Crippen LogP contribution in [0.15, 0.2) is 72.8 Å². The van der Waals surface area contributed by atoms with Gasteiger partial charge in [0.25, 0.3) is 5.91 Å². The number of allylic oxidation sites excluding steroid dienone is 1. The molecule has 1 aromatic heterocycles. The maximum Gasteiger partial charge on any atom is 0.339 e. The molecule has 0 saturated heterocycles. The number of benzene rings is 3. The zero-order valence-electron chi connectivity index (χ0n) is 20.3. The molecule has 186 valence electrons. The van der Waals surface area contributed by atoms with Crippen LogP contribution < -0.4 is 10.1 Å². The van der Waals surface area contributed by atoms with Crippen LogP contribution in [0.1, 0.15) is 40.0 Å². The van der Waals surface area contributed by atoms with Crippen molar-refractivity contribution < 1.29 is 23.5 Å². The smallest absolute Gasteiger partial charge is 0.339 e. The molecule has 6 nitrogen and oxygen atoms in total. The van der Waals surface area contributed by atoms with Gasteiger partial charge in [-0.3, -0.25) is 4.79 Å². The van der Waals surface area contributed by atoms with Gasteiger partial charge >= 0.3 is 5.97 Å². The van der Waals surface area contributed by atoms with E-state index in [1.165, 1.54) is 19.2 Å². The van der Waals surface area contributed by atoms with Crippen LogP contribution in [0.5, 0.6) is 5.75 Å². The number of halogens is 1. The molecule has 5 rings (SSSR count). The van der Waals surface area contributed by atoms with E-state index >= 15 is 0 Å². The molecule has 0 fully saturated rings. The molecule has 0 bridgehead atoms. The number of hydrogen-bond donors (Lipinski definition) is 1. The molecule has 0 atom stereocenters. The van der Waals surface area contributed by atoms with Crippen LogP contribution in [0.2, 0.25) is 0 Å². The fourth-order valence-corrected chi connectivity index (χ4v) is 4.61. The Morgan fingerprint density at radius 1 is 1.00 bits per heavy atom. The van der Waals surface area contributed by atoms with Crippen molar-refractivity contribution in [3.8, 4) is 5.75 Å². The largest absolute Gasteiger partial charge is 0.495 e. The quantitative estimate of drug-likeness (QED) is 0.329. The SMILES string of the molecule is COc1ccccc1NC(=O)COC(=O)c1c2c(nc3ccccc13)/C(=C/c1ccc(F)cc1)CCC2. The number of nitrogens with one attached hydrogen (secondary N) is 1. The zero-order chi connectivity index (χ0) is 25.8. The topological polar surface area (TPSA) is 77.5 Å². The van der Waals surface area contributed by atoms with Gasteiger partial charge in [-0.2, -0.15) is 0 Å². The molecule has 0 saturated carbocycles. The van der Waals surface area contributed by atoms with Gasteiger partial charge in [0.05, 0.1) is 29.6 Å². The Labute approximate surface area is 213 Å². The minimum atomic E-state index is -0.576. The van der Waals surface area contributed by atoms with Crippen molar-refractivity contribution in [1.82, 2.24) is 4.98 Å². The van der Waals surface area contributed by atoms with E-state index in [9.17, 15) is 14.0 Å². The van der Waals surface area contributed by atoms with E-state index < -0.39 is 18.5 Å². The summed E-state index contributed by atoms with van der Waals surface area (Å²) in [6.45, 7) is -0.444. The van der Waals surface area contributed by atoms with Crippen LogP contribution in [-0.2, 0) is 16.0 Å². The number of aromatic nitrogens is 1. The second kappa shape index (κ2) is 10.6. The average Bonchev–Trinajstić information content (AvgIpc) is 2.92. The number of pyridine rings is 1. The van der Waals surface area contributed by atoms with Crippen LogP contribution in [0.25, 0.3) is 22.6 Å². The maximum absolute atomic E-state index is 13.4. The van der Waals surface area contributed by atoms with Crippen molar-refractivity contribution >= 4 is 40.1 Å². The first-order valence-electron chi connectivity index (χ1n) is 12.0. The normalized spacial score (nSPS) is 13.7. The predicted octanol–water partition coefficient (Wildman–Crippen LogP) is 6.05. The van der Waals surface area contributed by atoms with Gasteiger partial charge in [0.1, 0.15) is 11.6 Å². The second-order valence-electron chi connectivity index (χ2n) is 8.73. The number of nitrogens with zero attached hydrogens (tertiary/aromatic N) is 1. The van der Waals surface area contributed by atoms with E-state index in [-0.39, 0.29) is 5.82 Å². The number of rotatable bonds is 6. The third kappa shape index (κ3) is 5.21. The molecule has 1 N–H and O–H groups in total. The maximum atomic E-state index is 13.4. The van der Waals surface area contributed by atoms with Crippen LogP contribution in [0.4, 0.5) is 10.1 Å². The lowest BCUT2D eigenvalue weighted by atomic mass is 9.86. The van der Waals surface area contributed by atoms with E-state index in [1.54, 1.807) is 36.4 Å². The molecule has 1 aliphatic rings. The third-order valence-corrected chi connectivity index (χ3v) is 6.30. The average molecular weight is 497 g/mol. The highest BCUT2D eigenvalue weighted by molar-refractivity contribution is 6.07. The van der Waals surface area contributed by atoms with E-state index in [0.717, 1.165) is 35.2 Å². The molecular weight excluding hydrogens is 471 g/mol. The summed E-state index contributed by atoms with van der Waals surface area (Å²) in [5.41, 5.74) is 4.95. The Kier molecular flexibility index (Phi) is 6.94. The lowest BCUT2D eigenvalue weighted by Crippen LogP contribution is -2.22. The number of amides is 1. The second-order valence-corrected chi connectivity index (χ2v) is 8.73. The fourth-order valence-electron chi connectivity index (χ4n) is 4.61. The number of carbonyl (C=O) groups excluding carboxylic acids is 2. The standard InChI is InChI=1S/C30H25FN2O4/c1-36-26-12-5-4-11-25(26)32-27(34)18-37-30(35)28-22-8-2-3-10-24(22)33-29-20(7-6-9-23(28)29)17-19-13-15-21(31)16-14-19/h2-5,8,10-17H,6-7,9,18H2,1H3,(H,32,34)/b20-17+. The lowest BCUT2D eigenvalue weighted by molar-refractivity contribution is -0.119. The Hall–Kier alpha value is -4.52. The summed E-state index contributed by atoms with van der Waals surface area (Å²) >= 11 is 0. The van der Waals surface area contributed by atoms with Gasteiger partial charge in [-0.1, -0.05) is 42.5 Å². The van der Waals surface area contributed by atoms with Crippen LogP contribution in [0.3, 0.4) is 0 Å². The Balaban J connectivity index is 1.45. The van der Waals surface area contributed by atoms with Crippen molar-refractivity contribution in [2.75, 3.05) is 19.0 Å². The van der Waals surface area contributed by atoms with Gasteiger partial charge in [0.2, 0.25) is 0 Å². The molecular formula is C30H25FN2O4. The molecule has 0 radical (unpaired) electrons. The Morgan fingerprint density at radius 3 is 2.57 bits per heavy atom. The minimum Gasteiger partial charge on any atom is -0.495 e. The minimum absolute atomic E-state index is 0.296. The van der Waals surface area contributed by atoms with Gasteiger partial charge in [-0.05, 0) is 72.4 Å². The molecule has 4 aromatic rings. The molecule has 0 unspecified atom stereocenters. The lowest BCUT2D eigenvalue weighted by Gasteiger charge is -2.22. The van der Waals surface area contributed by atoms with Crippen molar-refractivity contribution in [3.63, 3.8) is 0 Å². The highest BCUT2D eigenvalue weighted by Gasteiger charge is 2.26. The van der Waals surface area contributed by atoms with Gasteiger partial charge < -0.3 is 14.8 Å². The number of anilines is 1. The number of para-hydroxylation sites is 3. The number of carbonyl (C=O) groups is 2. The number of fused-ring (bicyclic) bond motifs is 2. The monoisotopic (exact) mass is 496 g/mol. The van der Waals surface area contributed by atoms with Crippen molar-refractivity contribution in [3.05, 3.63) is 101 Å². The first kappa shape index (κ1) is 24.2. The summed E-state index contributed by atoms with van der Waals surface area (Å²) in [5.74, 6) is -0.832. The summed E-state index contributed by atoms with van der Waals surface area (Å²) < 4.78 is 24.1. The zero-order valence-corrected chi connectivity index (χ0v) is 20.3. The fraction of sp³-hybridized carbons (Fsp3) is 0.167. The molecule has 0 spiro atoms. The molecule has 37 heavy (non-hydrogen) atoms. The van der Waals surface area contributed by atoms with E-state index in [2.05, 4.69) is 5.32 Å². The molecule has 3 aromatic carbocycles. The number of hydrogen-bond acceptors (Lipinski definition) is 5. The van der Waals surface area contributed by atoms with Crippen LogP contribution in [-0.4, -0.2) is 30.6 Å². The third-order valence-electron chi connectivity index (χ3n) is 6.30. The van der Waals surface area contributed by atoms with Gasteiger partial charge in [-0.25, -0.2) is 14.2 Å². The Morgan fingerprint density at radius 2 is 1.76 bits per heavy atom. The molecule has 1 heterocycles. The van der Waals surface area contributed by atoms with E-state index in [4.69, 9.17) is 14.5 Å². The Bertz CT molecular complexity index is 1510. The van der Waals surface area contributed by atoms with Gasteiger partial charge in [-0.15, -0.1) is 0 Å². The summed E-state index contributed by atoms with van der Waals surface area (Å²) in [6.07, 6.45) is 4.25. The van der Waals surface area contributed by atoms with Crippen LogP contribution >= 0.6 is 0 Å². The van der Waals surface area contributed by atoms with Crippen molar-refractivity contribution in [2.45, 2.75) is 19.3 Å². The van der Waals surface area contributed by atoms with Crippen molar-refractivity contribution in [1.29, 1.82) is 0 Å². The molecule has 7 heteroatoms. The number of esters is 1.